The van der Waals surface area contributed by atoms with Crippen molar-refractivity contribution in [1.29, 1.82) is 5.41 Å². The van der Waals surface area contributed by atoms with Crippen LogP contribution in [0.4, 0.5) is 24.9 Å². The number of nitrogens with one attached hydrogen (secondary N) is 2. The smallest absolute Gasteiger partial charge is 0.416 e. The summed E-state index contributed by atoms with van der Waals surface area (Å²) in [6.07, 6.45) is -1.53. The zero-order valence-electron chi connectivity index (χ0n) is 23.2. The molecule has 0 radical (unpaired) electrons. The number of oxazole rings is 1. The number of amidine groups is 1. The van der Waals surface area contributed by atoms with E-state index >= 15 is 0 Å². The molecule has 0 saturated carbocycles. The van der Waals surface area contributed by atoms with Gasteiger partial charge in [0.15, 0.2) is 11.5 Å². The number of ether oxygens (including phenoxy) is 3. The van der Waals surface area contributed by atoms with Crippen molar-refractivity contribution >= 4 is 17.5 Å². The molecular weight excluding hydrogens is 551 g/mol. The fourth-order valence-corrected chi connectivity index (χ4v) is 4.39. The van der Waals surface area contributed by atoms with Crippen molar-refractivity contribution in [3.63, 3.8) is 0 Å². The second-order valence-electron chi connectivity index (χ2n) is 10.1. The summed E-state index contributed by atoms with van der Waals surface area (Å²) in [6, 6.07) is 15.9. The summed E-state index contributed by atoms with van der Waals surface area (Å²) in [5, 5.41) is 11.4. The fraction of sp³-hybridized carbons (Fsp3) is 0.300. The Morgan fingerprint density at radius 3 is 2.38 bits per heavy atom. The summed E-state index contributed by atoms with van der Waals surface area (Å²) < 4.78 is 61.6. The van der Waals surface area contributed by atoms with Crippen LogP contribution in [-0.4, -0.2) is 48.0 Å². The Morgan fingerprint density at radius 1 is 1.05 bits per heavy atom. The van der Waals surface area contributed by atoms with Gasteiger partial charge in [-0.1, -0.05) is 24.3 Å². The van der Waals surface area contributed by atoms with E-state index in [0.717, 1.165) is 17.7 Å². The largest absolute Gasteiger partial charge is 0.497 e. The fourth-order valence-electron chi connectivity index (χ4n) is 4.39. The molecule has 1 atom stereocenters. The summed E-state index contributed by atoms with van der Waals surface area (Å²) >= 11 is 0. The molecule has 0 amide bonds. The van der Waals surface area contributed by atoms with Crippen LogP contribution in [0.15, 0.2) is 77.5 Å². The SMILES string of the molecule is COc1ccc(CN(c2ccc(C(=N)NC[C@@H]3COC(C)(C)O3)nc2)c2ncc(-c3ccc(C(F)(F)F)cc3)o2)cc1. The maximum Gasteiger partial charge on any atom is 0.416 e. The molecule has 2 N–H and O–H groups in total. The Bertz CT molecular complexity index is 1500. The molecule has 2 aromatic heterocycles. The van der Waals surface area contributed by atoms with E-state index in [-0.39, 0.29) is 18.0 Å². The Morgan fingerprint density at radius 2 is 1.79 bits per heavy atom. The van der Waals surface area contributed by atoms with Crippen LogP contribution in [0.25, 0.3) is 11.3 Å². The van der Waals surface area contributed by atoms with Crippen molar-refractivity contribution in [1.82, 2.24) is 15.3 Å². The Hall–Kier alpha value is -4.42. The number of rotatable bonds is 9. The van der Waals surface area contributed by atoms with Crippen molar-refractivity contribution in [2.45, 2.75) is 38.5 Å². The van der Waals surface area contributed by atoms with Crippen molar-refractivity contribution < 1.29 is 31.8 Å². The van der Waals surface area contributed by atoms with Crippen molar-refractivity contribution in [2.75, 3.05) is 25.2 Å². The highest BCUT2D eigenvalue weighted by Gasteiger charge is 2.32. The minimum absolute atomic E-state index is 0.136. The summed E-state index contributed by atoms with van der Waals surface area (Å²) in [4.78, 5) is 10.7. The van der Waals surface area contributed by atoms with E-state index in [0.29, 0.717) is 48.2 Å². The van der Waals surface area contributed by atoms with E-state index in [4.69, 9.17) is 24.0 Å². The molecule has 1 aliphatic heterocycles. The van der Waals surface area contributed by atoms with Gasteiger partial charge in [0.1, 0.15) is 23.4 Å². The van der Waals surface area contributed by atoms with Gasteiger partial charge in [-0.2, -0.15) is 13.2 Å². The monoisotopic (exact) mass is 581 g/mol. The number of methoxy groups -OCH3 is 1. The van der Waals surface area contributed by atoms with Gasteiger partial charge in [-0.25, -0.2) is 4.98 Å². The highest BCUT2D eigenvalue weighted by atomic mass is 19.4. The van der Waals surface area contributed by atoms with Crippen molar-refractivity contribution in [3.05, 3.63) is 89.9 Å². The second-order valence-corrected chi connectivity index (χ2v) is 10.1. The van der Waals surface area contributed by atoms with Crippen molar-refractivity contribution in [3.8, 4) is 17.1 Å². The second kappa shape index (κ2) is 11.8. The first kappa shape index (κ1) is 29.1. The van der Waals surface area contributed by atoms with Crippen molar-refractivity contribution in [2.24, 2.45) is 0 Å². The van der Waals surface area contributed by atoms with Gasteiger partial charge in [0.2, 0.25) is 0 Å². The van der Waals surface area contributed by atoms with Crippen LogP contribution < -0.4 is 15.0 Å². The molecule has 5 rings (SSSR count). The van der Waals surface area contributed by atoms with E-state index in [1.165, 1.54) is 18.3 Å². The highest BCUT2D eigenvalue weighted by Crippen LogP contribution is 2.34. The van der Waals surface area contributed by atoms with Gasteiger partial charge >= 0.3 is 12.2 Å². The Labute approximate surface area is 240 Å². The van der Waals surface area contributed by atoms with Crippen LogP contribution in [0.3, 0.4) is 0 Å². The average molecular weight is 582 g/mol. The molecule has 2 aromatic carbocycles. The zero-order valence-corrected chi connectivity index (χ0v) is 23.2. The molecule has 0 spiro atoms. The normalized spacial score (nSPS) is 16.3. The van der Waals surface area contributed by atoms with E-state index in [1.54, 1.807) is 30.3 Å². The summed E-state index contributed by atoms with van der Waals surface area (Å²) in [5.41, 5.74) is 1.70. The molecule has 9 nitrogen and oxygen atoms in total. The van der Waals surface area contributed by atoms with Gasteiger partial charge in [0.05, 0.1) is 43.9 Å². The first-order valence-corrected chi connectivity index (χ1v) is 13.2. The van der Waals surface area contributed by atoms with Gasteiger partial charge in [-0.05, 0) is 55.8 Å². The summed E-state index contributed by atoms with van der Waals surface area (Å²) in [6.45, 7) is 4.87. The maximum absolute atomic E-state index is 13.0. The van der Waals surface area contributed by atoms with Gasteiger partial charge in [0, 0.05) is 12.1 Å². The van der Waals surface area contributed by atoms with Crippen LogP contribution in [0.5, 0.6) is 5.75 Å². The maximum atomic E-state index is 13.0. The van der Waals surface area contributed by atoms with E-state index in [1.807, 2.05) is 38.1 Å². The lowest BCUT2D eigenvalue weighted by molar-refractivity contribution is -0.138. The van der Waals surface area contributed by atoms with E-state index in [2.05, 4.69) is 15.3 Å². The van der Waals surface area contributed by atoms with Gasteiger partial charge in [0.25, 0.3) is 0 Å². The molecule has 0 aliphatic carbocycles. The van der Waals surface area contributed by atoms with Gasteiger partial charge < -0.3 is 23.9 Å². The topological polar surface area (TPSA) is 106 Å². The quantitative estimate of drug-likeness (QED) is 0.179. The van der Waals surface area contributed by atoms with E-state index in [9.17, 15) is 13.2 Å². The number of aromatic nitrogens is 2. The molecular formula is C30H30F3N5O4. The highest BCUT2D eigenvalue weighted by molar-refractivity contribution is 5.94. The zero-order chi connectivity index (χ0) is 29.9. The average Bonchev–Trinajstić information content (AvgIpc) is 3.61. The Kier molecular flexibility index (Phi) is 8.19. The first-order valence-electron chi connectivity index (χ1n) is 13.2. The molecule has 3 heterocycles. The summed E-state index contributed by atoms with van der Waals surface area (Å²) in [5.74, 6) is 0.516. The van der Waals surface area contributed by atoms with Crippen LogP contribution in [0.1, 0.15) is 30.7 Å². The third kappa shape index (κ3) is 6.89. The molecule has 42 heavy (non-hydrogen) atoms. The predicted molar refractivity (Wildman–Crippen MR) is 150 cm³/mol. The lowest BCUT2D eigenvalue weighted by Gasteiger charge is -2.21. The molecule has 12 heteroatoms. The lowest BCUT2D eigenvalue weighted by atomic mass is 10.1. The number of pyridine rings is 1. The number of anilines is 2. The molecule has 4 aromatic rings. The molecule has 1 fully saturated rings. The van der Waals surface area contributed by atoms with E-state index < -0.39 is 17.5 Å². The predicted octanol–water partition coefficient (Wildman–Crippen LogP) is 6.17. The van der Waals surface area contributed by atoms with Crippen LogP contribution in [0, 0.1) is 5.41 Å². The molecule has 1 aliphatic rings. The summed E-state index contributed by atoms with van der Waals surface area (Å²) in [7, 11) is 1.59. The Balaban J connectivity index is 1.36. The first-order chi connectivity index (χ1) is 20.0. The number of hydrogen-bond acceptors (Lipinski definition) is 8. The van der Waals surface area contributed by atoms with Crippen LogP contribution >= 0.6 is 0 Å². The minimum Gasteiger partial charge on any atom is -0.497 e. The molecule has 0 bridgehead atoms. The number of nitrogens with zero attached hydrogens (tertiary/aromatic N) is 3. The standard InChI is InChI=1S/C30H30F3N5O4/c1-29(2)40-18-24(42-29)15-36-27(34)25-13-10-22(14-35-25)38(17-19-4-11-23(39-3)12-5-19)28-37-16-26(41-28)20-6-8-21(9-7-20)30(31,32)33/h4-14,16,24H,15,17-18H2,1-3H3,(H2,34,36)/t24-/m1/s1. The third-order valence-electron chi connectivity index (χ3n) is 6.61. The number of halogens is 3. The van der Waals surface area contributed by atoms with Crippen LogP contribution in [0.2, 0.25) is 0 Å². The number of alkyl halides is 3. The third-order valence-corrected chi connectivity index (χ3v) is 6.61. The molecule has 220 valence electrons. The minimum atomic E-state index is -4.43. The molecule has 0 unspecified atom stereocenters. The number of benzene rings is 2. The molecule has 1 saturated heterocycles. The van der Waals surface area contributed by atoms with Gasteiger partial charge in [-0.15, -0.1) is 0 Å². The van der Waals surface area contributed by atoms with Crippen LogP contribution in [-0.2, 0) is 22.2 Å². The van der Waals surface area contributed by atoms with Gasteiger partial charge in [-0.3, -0.25) is 15.3 Å². The number of hydrogen-bond donors (Lipinski definition) is 2. The lowest BCUT2D eigenvalue weighted by Crippen LogP contribution is -2.34.